The Hall–Kier alpha value is -3.96. The molecule has 0 aliphatic heterocycles. The van der Waals surface area contributed by atoms with Gasteiger partial charge in [-0.15, -0.1) is 0 Å². The zero-order valence-corrected chi connectivity index (χ0v) is 19.2. The fourth-order valence-corrected chi connectivity index (χ4v) is 5.83. The van der Waals surface area contributed by atoms with E-state index in [1.807, 2.05) is 0 Å². The number of oxime groups is 1. The predicted molar refractivity (Wildman–Crippen MR) is 123 cm³/mol. The number of hydrogen-bond donors (Lipinski definition) is 5. The molecular formula is C25H24N2O9. The highest BCUT2D eigenvalue weighted by atomic mass is 16.6. The lowest BCUT2D eigenvalue weighted by Crippen LogP contribution is -2.63. The van der Waals surface area contributed by atoms with E-state index in [2.05, 4.69) is 9.99 Å². The van der Waals surface area contributed by atoms with Crippen molar-refractivity contribution in [1.82, 2.24) is 0 Å². The van der Waals surface area contributed by atoms with Crippen molar-refractivity contribution >= 4 is 23.7 Å². The highest BCUT2D eigenvalue weighted by molar-refractivity contribution is 6.16. The van der Waals surface area contributed by atoms with Gasteiger partial charge in [-0.3, -0.25) is 14.4 Å². The number of nitrogens with two attached hydrogens (primary N) is 1. The lowest BCUT2D eigenvalue weighted by atomic mass is 9.57. The number of rotatable bonds is 4. The first-order chi connectivity index (χ1) is 17.1. The molecule has 0 radical (unpaired) electrons. The van der Waals surface area contributed by atoms with Gasteiger partial charge >= 0.3 is 0 Å². The van der Waals surface area contributed by atoms with E-state index in [1.54, 1.807) is 18.2 Å². The Labute approximate surface area is 204 Å². The Bertz CT molecular complexity index is 1360. The molecule has 1 amide bonds. The van der Waals surface area contributed by atoms with E-state index in [0.29, 0.717) is 22.6 Å². The molecule has 1 aromatic heterocycles. The fraction of sp³-hybridized carbons (Fsp3) is 0.360. The molecule has 36 heavy (non-hydrogen) atoms. The van der Waals surface area contributed by atoms with Crippen LogP contribution in [0.1, 0.15) is 34.5 Å². The smallest absolute Gasteiger partial charge is 0.230 e. The van der Waals surface area contributed by atoms with E-state index in [4.69, 9.17) is 10.2 Å². The Kier molecular flexibility index (Phi) is 5.49. The summed E-state index contributed by atoms with van der Waals surface area (Å²) in [6.07, 6.45) is 0.0400. The molecule has 0 bridgehead atoms. The molecular weight excluding hydrogens is 472 g/mol. The topological polar surface area (TPSA) is 193 Å². The van der Waals surface area contributed by atoms with E-state index in [0.717, 1.165) is 0 Å². The first-order valence-corrected chi connectivity index (χ1v) is 11.3. The monoisotopic (exact) mass is 496 g/mol. The summed E-state index contributed by atoms with van der Waals surface area (Å²) in [5.41, 5.74) is 3.47. The molecule has 2 aromatic rings. The van der Waals surface area contributed by atoms with E-state index in [-0.39, 0.29) is 36.1 Å². The molecule has 11 heteroatoms. The molecule has 2 unspecified atom stereocenters. The number of phenolic OH excluding ortho intramolecular Hbond substituents is 1. The third-order valence-electron chi connectivity index (χ3n) is 7.45. The minimum Gasteiger partial charge on any atom is -0.508 e. The molecule has 6 N–H and O–H groups in total. The van der Waals surface area contributed by atoms with Crippen molar-refractivity contribution in [2.45, 2.75) is 31.0 Å². The Morgan fingerprint density at radius 2 is 1.97 bits per heavy atom. The van der Waals surface area contributed by atoms with Gasteiger partial charge in [0, 0.05) is 17.1 Å². The van der Waals surface area contributed by atoms with Gasteiger partial charge in [0.1, 0.15) is 42.3 Å². The van der Waals surface area contributed by atoms with Gasteiger partial charge in [0.15, 0.2) is 17.2 Å². The van der Waals surface area contributed by atoms with Gasteiger partial charge in [-0.1, -0.05) is 5.16 Å². The highest BCUT2D eigenvalue weighted by Gasteiger charge is 2.62. The summed E-state index contributed by atoms with van der Waals surface area (Å²) in [6.45, 7) is 0. The van der Waals surface area contributed by atoms with E-state index in [1.165, 1.54) is 19.4 Å². The summed E-state index contributed by atoms with van der Waals surface area (Å²) in [5.74, 6) is -6.68. The normalized spacial score (nSPS) is 29.6. The Balaban J connectivity index is 1.63. The lowest BCUT2D eigenvalue weighted by Gasteiger charge is -2.48. The summed E-state index contributed by atoms with van der Waals surface area (Å²) in [6, 6.07) is 6.26. The molecule has 1 aromatic carbocycles. The lowest BCUT2D eigenvalue weighted by molar-refractivity contribution is -0.167. The van der Waals surface area contributed by atoms with Crippen LogP contribution in [0.4, 0.5) is 0 Å². The van der Waals surface area contributed by atoms with Crippen molar-refractivity contribution in [3.63, 3.8) is 0 Å². The number of nitrogens with zero attached hydrogens (tertiary/aromatic N) is 1. The highest BCUT2D eigenvalue weighted by Crippen LogP contribution is 2.52. The van der Waals surface area contributed by atoms with Crippen molar-refractivity contribution in [2.24, 2.45) is 28.6 Å². The number of Topliss-reactive ketones (excluding diaryl/α,β-unsaturated/α-hetero) is 2. The van der Waals surface area contributed by atoms with Crippen LogP contribution in [-0.4, -0.2) is 62.9 Å². The number of furan rings is 1. The van der Waals surface area contributed by atoms with E-state index >= 15 is 0 Å². The van der Waals surface area contributed by atoms with Crippen LogP contribution in [0.3, 0.4) is 0 Å². The van der Waals surface area contributed by atoms with Crippen molar-refractivity contribution in [1.29, 1.82) is 0 Å². The van der Waals surface area contributed by atoms with Crippen LogP contribution in [0.2, 0.25) is 0 Å². The second-order valence-corrected chi connectivity index (χ2v) is 9.34. The van der Waals surface area contributed by atoms with E-state index < -0.39 is 52.7 Å². The third kappa shape index (κ3) is 3.27. The average Bonchev–Trinajstić information content (AvgIpc) is 3.28. The second kappa shape index (κ2) is 8.32. The standard InChI is InChI=1S/C25H24N2O9/c1-35-27-9-12-2-5-17(36-12)13-3-4-15(28)19-14(13)7-10-6-11-8-16(29)20(24(26)33)23(32)25(11,34)22(31)18(10)21(19)30/h2-5,9-11,16,20,28-29,31,34H,6-8H2,1H3,(H2,26,33)/b27-9+/t10-,11+,16?,20?,25+/m1/s1. The number of aliphatic hydroxyl groups is 3. The quantitative estimate of drug-likeness (QED) is 0.233. The van der Waals surface area contributed by atoms with Gasteiger partial charge in [-0.25, -0.2) is 0 Å². The SMILES string of the molecule is CO/N=C/c1ccc(-c2ccc(O)c3c2C[C@H]2C[C@H]4CC(O)C(C(N)=O)C(=O)[C@@]4(O)C(O)=C2C3=O)o1. The van der Waals surface area contributed by atoms with Gasteiger partial charge in [-0.2, -0.15) is 0 Å². The van der Waals surface area contributed by atoms with Crippen LogP contribution in [-0.2, 0) is 20.8 Å². The van der Waals surface area contributed by atoms with Gasteiger partial charge < -0.3 is 35.4 Å². The maximum atomic E-state index is 13.6. The second-order valence-electron chi connectivity index (χ2n) is 9.34. The van der Waals surface area contributed by atoms with Crippen LogP contribution >= 0.6 is 0 Å². The van der Waals surface area contributed by atoms with E-state index in [9.17, 15) is 34.8 Å². The molecule has 0 saturated heterocycles. The van der Waals surface area contributed by atoms with Crippen molar-refractivity contribution in [2.75, 3.05) is 7.11 Å². The predicted octanol–water partition coefficient (Wildman–Crippen LogP) is 0.986. The molecule has 188 valence electrons. The number of aliphatic hydroxyl groups excluding tert-OH is 2. The number of aromatic hydroxyl groups is 1. The fourth-order valence-electron chi connectivity index (χ4n) is 5.83. The van der Waals surface area contributed by atoms with Crippen molar-refractivity contribution in [3.8, 4) is 17.1 Å². The molecule has 3 aliphatic carbocycles. The van der Waals surface area contributed by atoms with Gasteiger partial charge in [-0.05, 0) is 55.0 Å². The first kappa shape index (κ1) is 23.8. The van der Waals surface area contributed by atoms with Crippen molar-refractivity contribution in [3.05, 3.63) is 52.5 Å². The minimum atomic E-state index is -2.54. The zero-order valence-electron chi connectivity index (χ0n) is 19.2. The summed E-state index contributed by atoms with van der Waals surface area (Å²) in [5, 5.41) is 47.0. The molecule has 5 rings (SSSR count). The molecule has 1 heterocycles. The molecule has 3 aliphatic rings. The summed E-state index contributed by atoms with van der Waals surface area (Å²) in [4.78, 5) is 43.1. The molecule has 1 fully saturated rings. The van der Waals surface area contributed by atoms with Crippen LogP contribution < -0.4 is 5.73 Å². The molecule has 5 atom stereocenters. The first-order valence-electron chi connectivity index (χ1n) is 11.3. The number of hydrogen-bond acceptors (Lipinski definition) is 10. The van der Waals surface area contributed by atoms with Crippen LogP contribution in [0.15, 0.2) is 45.2 Å². The largest absolute Gasteiger partial charge is 0.508 e. The number of amides is 1. The number of ketones is 2. The van der Waals surface area contributed by atoms with Crippen molar-refractivity contribution < 1.29 is 44.1 Å². The number of carbonyl (C=O) groups is 3. The molecule has 0 spiro atoms. The summed E-state index contributed by atoms with van der Waals surface area (Å²) >= 11 is 0. The van der Waals surface area contributed by atoms with Gasteiger partial charge in [0.25, 0.3) is 0 Å². The number of allylic oxidation sites excluding steroid dienone is 1. The number of phenols is 1. The van der Waals surface area contributed by atoms with Crippen LogP contribution in [0.25, 0.3) is 11.3 Å². The van der Waals surface area contributed by atoms with Gasteiger partial charge in [0.05, 0.1) is 11.7 Å². The number of carbonyl (C=O) groups excluding carboxylic acids is 3. The number of fused-ring (bicyclic) bond motifs is 3. The van der Waals surface area contributed by atoms with Crippen LogP contribution in [0.5, 0.6) is 5.75 Å². The van der Waals surface area contributed by atoms with Gasteiger partial charge in [0.2, 0.25) is 5.91 Å². The Morgan fingerprint density at radius 1 is 1.22 bits per heavy atom. The average molecular weight is 496 g/mol. The number of benzene rings is 1. The minimum absolute atomic E-state index is 0.0777. The zero-order chi connectivity index (χ0) is 25.9. The number of primary amides is 1. The summed E-state index contributed by atoms with van der Waals surface area (Å²) < 4.78 is 5.79. The maximum Gasteiger partial charge on any atom is 0.230 e. The van der Waals surface area contributed by atoms with Crippen LogP contribution in [0, 0.1) is 17.8 Å². The Morgan fingerprint density at radius 3 is 2.67 bits per heavy atom. The molecule has 1 saturated carbocycles. The summed E-state index contributed by atoms with van der Waals surface area (Å²) in [7, 11) is 1.39. The third-order valence-corrected chi connectivity index (χ3v) is 7.45. The maximum absolute atomic E-state index is 13.6. The molecule has 11 nitrogen and oxygen atoms in total.